The van der Waals surface area contributed by atoms with Crippen LogP contribution < -0.4 is 0 Å². The summed E-state index contributed by atoms with van der Waals surface area (Å²) in [6.07, 6.45) is 17.4. The summed E-state index contributed by atoms with van der Waals surface area (Å²) >= 11 is 0. The van der Waals surface area contributed by atoms with Gasteiger partial charge in [-0.05, 0) is 116 Å². The highest BCUT2D eigenvalue weighted by Crippen LogP contribution is 2.67. The zero-order valence-corrected chi connectivity index (χ0v) is 20.5. The molecule has 0 spiro atoms. The van der Waals surface area contributed by atoms with Crippen LogP contribution in [0, 0.1) is 58.2 Å². The van der Waals surface area contributed by atoms with Crippen molar-refractivity contribution in [3.05, 3.63) is 11.6 Å². The van der Waals surface area contributed by atoms with E-state index in [2.05, 4.69) is 40.7 Å². The SMILES string of the molecule is C[C@H](CC[C@H](C)[C@H]1CC[C@H]2[C@@H]3CC=C4C[C@@H](O)CC[C@]4(C)[C@H]3CC[C@]12C)[C@@H]1C[C@H]1C. The molecule has 30 heavy (non-hydrogen) atoms. The Bertz CT molecular complexity index is 680. The minimum absolute atomic E-state index is 0.0764. The molecule has 4 saturated carbocycles. The maximum atomic E-state index is 10.2. The molecule has 5 rings (SSSR count). The van der Waals surface area contributed by atoms with Gasteiger partial charge in [0.1, 0.15) is 0 Å². The summed E-state index contributed by atoms with van der Waals surface area (Å²) in [6.45, 7) is 12.9. The fraction of sp³-hybridized carbons (Fsp3) is 0.931. The minimum atomic E-state index is -0.0764. The van der Waals surface area contributed by atoms with Crippen molar-refractivity contribution in [2.24, 2.45) is 58.2 Å². The Balaban J connectivity index is 1.28. The normalized spacial score (nSPS) is 51.9. The minimum Gasteiger partial charge on any atom is -0.393 e. The van der Waals surface area contributed by atoms with Crippen LogP contribution in [-0.4, -0.2) is 11.2 Å². The van der Waals surface area contributed by atoms with E-state index in [-0.39, 0.29) is 6.10 Å². The zero-order valence-electron chi connectivity index (χ0n) is 20.5. The highest BCUT2D eigenvalue weighted by atomic mass is 16.3. The maximum absolute atomic E-state index is 10.2. The first kappa shape index (κ1) is 21.5. The molecule has 0 radical (unpaired) electrons. The van der Waals surface area contributed by atoms with Gasteiger partial charge in [0.25, 0.3) is 0 Å². The van der Waals surface area contributed by atoms with Gasteiger partial charge in [-0.1, -0.05) is 59.1 Å². The summed E-state index contributed by atoms with van der Waals surface area (Å²) in [4.78, 5) is 0. The van der Waals surface area contributed by atoms with Crippen LogP contribution in [0.3, 0.4) is 0 Å². The van der Waals surface area contributed by atoms with E-state index in [0.29, 0.717) is 10.8 Å². The molecule has 1 nitrogen and oxygen atoms in total. The van der Waals surface area contributed by atoms with E-state index in [4.69, 9.17) is 0 Å². The monoisotopic (exact) mass is 412 g/mol. The van der Waals surface area contributed by atoms with E-state index in [1.165, 1.54) is 57.8 Å². The molecule has 0 amide bonds. The lowest BCUT2D eigenvalue weighted by Gasteiger charge is -2.58. The van der Waals surface area contributed by atoms with E-state index in [9.17, 15) is 5.11 Å². The van der Waals surface area contributed by atoms with Gasteiger partial charge in [-0.2, -0.15) is 0 Å². The molecule has 5 aliphatic carbocycles. The lowest BCUT2D eigenvalue weighted by Crippen LogP contribution is -2.50. The van der Waals surface area contributed by atoms with Gasteiger partial charge in [0.15, 0.2) is 0 Å². The zero-order chi connectivity index (χ0) is 21.3. The van der Waals surface area contributed by atoms with Gasteiger partial charge in [-0.15, -0.1) is 0 Å². The van der Waals surface area contributed by atoms with Gasteiger partial charge in [-0.25, -0.2) is 0 Å². The molecular formula is C29H48O. The summed E-state index contributed by atoms with van der Waals surface area (Å²) in [7, 11) is 0. The lowest BCUT2D eigenvalue weighted by molar-refractivity contribution is -0.0574. The molecule has 1 heteroatoms. The van der Waals surface area contributed by atoms with Crippen molar-refractivity contribution < 1.29 is 5.11 Å². The van der Waals surface area contributed by atoms with Crippen molar-refractivity contribution in [3.8, 4) is 0 Å². The van der Waals surface area contributed by atoms with Crippen LogP contribution in [0.4, 0.5) is 0 Å². The second-order valence-electron chi connectivity index (χ2n) is 13.3. The molecule has 0 saturated heterocycles. The van der Waals surface area contributed by atoms with E-state index >= 15 is 0 Å². The van der Waals surface area contributed by atoms with E-state index < -0.39 is 0 Å². The molecule has 0 bridgehead atoms. The van der Waals surface area contributed by atoms with Gasteiger partial charge in [0.05, 0.1) is 6.10 Å². The number of rotatable bonds is 5. The summed E-state index contributed by atoms with van der Waals surface area (Å²) in [5, 5.41) is 10.2. The van der Waals surface area contributed by atoms with Crippen molar-refractivity contribution in [1.29, 1.82) is 0 Å². The predicted octanol–water partition coefficient (Wildman–Crippen LogP) is 7.63. The lowest BCUT2D eigenvalue weighted by atomic mass is 9.47. The second-order valence-corrected chi connectivity index (χ2v) is 13.3. The number of hydrogen-bond donors (Lipinski definition) is 1. The third kappa shape index (κ3) is 3.36. The number of hydrogen-bond acceptors (Lipinski definition) is 1. The molecule has 5 aliphatic rings. The van der Waals surface area contributed by atoms with Gasteiger partial charge in [0.2, 0.25) is 0 Å². The van der Waals surface area contributed by atoms with Crippen molar-refractivity contribution in [1.82, 2.24) is 0 Å². The molecule has 0 aromatic heterocycles. The van der Waals surface area contributed by atoms with Crippen LogP contribution in [0.25, 0.3) is 0 Å². The average molecular weight is 413 g/mol. The summed E-state index contributed by atoms with van der Waals surface area (Å²) in [6, 6.07) is 0. The fourth-order valence-corrected chi connectivity index (χ4v) is 9.70. The quantitative estimate of drug-likeness (QED) is 0.460. The highest BCUT2D eigenvalue weighted by Gasteiger charge is 2.59. The van der Waals surface area contributed by atoms with E-state index in [1.54, 1.807) is 5.57 Å². The van der Waals surface area contributed by atoms with E-state index in [1.807, 2.05) is 0 Å². The Kier molecular flexibility index (Phi) is 5.48. The van der Waals surface area contributed by atoms with Crippen molar-refractivity contribution in [3.63, 3.8) is 0 Å². The van der Waals surface area contributed by atoms with Crippen LogP contribution in [0.2, 0.25) is 0 Å². The average Bonchev–Trinajstić information content (AvgIpc) is 3.33. The molecule has 1 N–H and O–H groups in total. The molecule has 0 aromatic rings. The first-order chi connectivity index (χ1) is 14.2. The van der Waals surface area contributed by atoms with Gasteiger partial charge < -0.3 is 5.11 Å². The number of allylic oxidation sites excluding steroid dienone is 1. The van der Waals surface area contributed by atoms with Crippen molar-refractivity contribution >= 4 is 0 Å². The smallest absolute Gasteiger partial charge is 0.0577 e. The molecule has 4 fully saturated rings. The summed E-state index contributed by atoms with van der Waals surface area (Å²) < 4.78 is 0. The van der Waals surface area contributed by atoms with Crippen LogP contribution in [0.15, 0.2) is 11.6 Å². The number of fused-ring (bicyclic) bond motifs is 5. The van der Waals surface area contributed by atoms with Crippen LogP contribution >= 0.6 is 0 Å². The third-order valence-corrected chi connectivity index (χ3v) is 11.8. The molecule has 0 unspecified atom stereocenters. The number of aliphatic hydroxyl groups excluding tert-OH is 1. The van der Waals surface area contributed by atoms with E-state index in [0.717, 1.165) is 60.2 Å². The van der Waals surface area contributed by atoms with Gasteiger partial charge >= 0.3 is 0 Å². The van der Waals surface area contributed by atoms with Gasteiger partial charge in [-0.3, -0.25) is 0 Å². The Morgan fingerprint density at radius 3 is 2.47 bits per heavy atom. The second kappa shape index (κ2) is 7.64. The topological polar surface area (TPSA) is 20.2 Å². The summed E-state index contributed by atoms with van der Waals surface area (Å²) in [5.74, 6) is 7.60. The molecule has 0 heterocycles. The Hall–Kier alpha value is -0.300. The van der Waals surface area contributed by atoms with Crippen LogP contribution in [0.1, 0.15) is 105 Å². The highest BCUT2D eigenvalue weighted by molar-refractivity contribution is 5.25. The summed E-state index contributed by atoms with van der Waals surface area (Å²) in [5.41, 5.74) is 2.60. The molecular weight excluding hydrogens is 364 g/mol. The molecule has 170 valence electrons. The van der Waals surface area contributed by atoms with Crippen LogP contribution in [0.5, 0.6) is 0 Å². The Labute approximate surface area is 186 Å². The van der Waals surface area contributed by atoms with Crippen molar-refractivity contribution in [2.75, 3.05) is 0 Å². The molecule has 0 aromatic carbocycles. The fourth-order valence-electron chi connectivity index (χ4n) is 9.70. The molecule has 0 aliphatic heterocycles. The predicted molar refractivity (Wildman–Crippen MR) is 126 cm³/mol. The molecule has 11 atom stereocenters. The maximum Gasteiger partial charge on any atom is 0.0577 e. The third-order valence-electron chi connectivity index (χ3n) is 11.8. The van der Waals surface area contributed by atoms with Gasteiger partial charge in [0, 0.05) is 0 Å². The first-order valence-electron chi connectivity index (χ1n) is 13.6. The largest absolute Gasteiger partial charge is 0.393 e. The van der Waals surface area contributed by atoms with Crippen LogP contribution in [-0.2, 0) is 0 Å². The first-order valence-corrected chi connectivity index (χ1v) is 13.6. The Morgan fingerprint density at radius 1 is 1.00 bits per heavy atom. The number of aliphatic hydroxyl groups is 1. The Morgan fingerprint density at radius 2 is 1.73 bits per heavy atom. The van der Waals surface area contributed by atoms with Crippen molar-refractivity contribution in [2.45, 2.75) is 111 Å². The standard InChI is InChI=1S/C29H48O/c1-18(24-16-20(24)3)6-7-19(2)25-10-11-26-23-9-8-21-17-22(30)12-14-28(21,4)27(23)13-15-29(25,26)5/h8,18-20,22-27,30H,6-7,9-17H2,1-5H3/t18-,19+,20-,22+,23+,24+,25-,26+,27+,28+,29-/m1/s1.